The van der Waals surface area contributed by atoms with Gasteiger partial charge in [0.1, 0.15) is 22.7 Å². The fourth-order valence-corrected chi connectivity index (χ4v) is 6.07. The van der Waals surface area contributed by atoms with Crippen molar-refractivity contribution in [2.75, 3.05) is 18.6 Å². The van der Waals surface area contributed by atoms with E-state index in [2.05, 4.69) is 5.32 Å². The maximum absolute atomic E-state index is 12.8. The molecule has 1 amide bonds. The van der Waals surface area contributed by atoms with E-state index in [1.54, 1.807) is 13.0 Å². The number of rotatable bonds is 4. The molecule has 0 radical (unpaired) electrons. The molecule has 31 heavy (non-hydrogen) atoms. The molecule has 1 aromatic heterocycles. The highest BCUT2D eigenvalue weighted by Crippen LogP contribution is 2.43. The molecule has 9 heteroatoms. The van der Waals surface area contributed by atoms with E-state index in [4.69, 9.17) is 13.9 Å². The molecular formula is C22H27NO7S. The number of hydrogen-bond donors (Lipinski definition) is 1. The molecular weight excluding hydrogens is 422 g/mol. The number of carbonyl (C=O) groups is 1. The number of carbonyl (C=O) groups excluding carboxylic acids is 1. The summed E-state index contributed by atoms with van der Waals surface area (Å²) in [5.74, 6) is 0.739. The first-order valence-electron chi connectivity index (χ1n) is 10.3. The van der Waals surface area contributed by atoms with Gasteiger partial charge in [0.15, 0.2) is 9.84 Å². The van der Waals surface area contributed by atoms with Crippen molar-refractivity contribution >= 4 is 26.7 Å². The molecule has 1 N–H and O–H groups in total. The number of amides is 1. The van der Waals surface area contributed by atoms with Gasteiger partial charge < -0.3 is 19.2 Å². The van der Waals surface area contributed by atoms with Gasteiger partial charge in [-0.2, -0.15) is 0 Å². The van der Waals surface area contributed by atoms with Gasteiger partial charge in [-0.15, -0.1) is 0 Å². The van der Waals surface area contributed by atoms with Crippen molar-refractivity contribution < 1.29 is 27.1 Å². The summed E-state index contributed by atoms with van der Waals surface area (Å²) < 4.78 is 40.6. The van der Waals surface area contributed by atoms with E-state index in [-0.39, 0.29) is 29.1 Å². The third kappa shape index (κ3) is 4.15. The SMILES string of the molecule is COc1cc2c(c3oc(=O)c(CC(=O)N[C@@H]4CCS(=O)(=O)C4)c(C)c13)CCC(C)(C)O2. The number of hydrogen-bond acceptors (Lipinski definition) is 7. The normalized spacial score (nSPS) is 21.4. The first-order chi connectivity index (χ1) is 14.5. The van der Waals surface area contributed by atoms with Crippen LogP contribution in [0.25, 0.3) is 11.0 Å². The predicted octanol–water partition coefficient (Wildman–Crippen LogP) is 2.06. The van der Waals surface area contributed by atoms with Gasteiger partial charge in [0.25, 0.3) is 0 Å². The fraction of sp³-hybridized carbons (Fsp3) is 0.545. The first-order valence-corrected chi connectivity index (χ1v) is 12.2. The summed E-state index contributed by atoms with van der Waals surface area (Å²) in [7, 11) is -1.57. The Morgan fingerprint density at radius 1 is 1.35 bits per heavy atom. The zero-order valence-corrected chi connectivity index (χ0v) is 19.0. The quantitative estimate of drug-likeness (QED) is 0.711. The molecule has 1 aromatic carbocycles. The molecule has 8 nitrogen and oxygen atoms in total. The standard InChI is InChI=1S/C22H27NO7S/c1-12-15(9-18(24)23-13-6-8-31(26,27)11-13)21(25)29-20-14-5-7-22(2,3)30-16(14)10-17(28-4)19(12)20/h10,13H,5-9,11H2,1-4H3,(H,23,24)/t13-/m1/s1. The van der Waals surface area contributed by atoms with Gasteiger partial charge in [0.05, 0.1) is 36.0 Å². The van der Waals surface area contributed by atoms with E-state index in [0.29, 0.717) is 40.9 Å². The fourth-order valence-electron chi connectivity index (χ4n) is 4.40. The van der Waals surface area contributed by atoms with Crippen LogP contribution in [-0.4, -0.2) is 44.6 Å². The number of sulfone groups is 1. The highest BCUT2D eigenvalue weighted by Gasteiger charge is 2.32. The Morgan fingerprint density at radius 2 is 2.10 bits per heavy atom. The monoisotopic (exact) mass is 449 g/mol. The topological polar surface area (TPSA) is 112 Å². The minimum Gasteiger partial charge on any atom is -0.496 e. The van der Waals surface area contributed by atoms with Crippen LogP contribution >= 0.6 is 0 Å². The lowest BCUT2D eigenvalue weighted by Gasteiger charge is -2.33. The molecule has 0 spiro atoms. The largest absolute Gasteiger partial charge is 0.496 e. The Morgan fingerprint density at radius 3 is 2.74 bits per heavy atom. The van der Waals surface area contributed by atoms with Crippen LogP contribution in [0.15, 0.2) is 15.3 Å². The number of aryl methyl sites for hydroxylation is 2. The minimum atomic E-state index is -3.11. The van der Waals surface area contributed by atoms with Gasteiger partial charge >= 0.3 is 5.63 Å². The zero-order chi connectivity index (χ0) is 22.6. The molecule has 1 fully saturated rings. The van der Waals surface area contributed by atoms with Crippen LogP contribution < -0.4 is 20.4 Å². The zero-order valence-electron chi connectivity index (χ0n) is 18.2. The summed E-state index contributed by atoms with van der Waals surface area (Å²) in [6.45, 7) is 5.78. The van der Waals surface area contributed by atoms with E-state index in [0.717, 1.165) is 12.0 Å². The van der Waals surface area contributed by atoms with Crippen LogP contribution in [0.1, 0.15) is 43.4 Å². The van der Waals surface area contributed by atoms with Crippen molar-refractivity contribution in [2.45, 2.75) is 58.1 Å². The van der Waals surface area contributed by atoms with Crippen LogP contribution in [0.4, 0.5) is 0 Å². The Hall–Kier alpha value is -2.55. The second kappa shape index (κ2) is 7.55. The van der Waals surface area contributed by atoms with Crippen molar-refractivity contribution in [3.05, 3.63) is 33.2 Å². The average Bonchev–Trinajstić information content (AvgIpc) is 3.01. The van der Waals surface area contributed by atoms with Gasteiger partial charge in [-0.1, -0.05) is 0 Å². The van der Waals surface area contributed by atoms with Gasteiger partial charge in [-0.25, -0.2) is 13.2 Å². The highest BCUT2D eigenvalue weighted by molar-refractivity contribution is 7.91. The number of benzene rings is 1. The van der Waals surface area contributed by atoms with Crippen molar-refractivity contribution in [1.82, 2.24) is 5.32 Å². The van der Waals surface area contributed by atoms with E-state index in [1.165, 1.54) is 7.11 Å². The van der Waals surface area contributed by atoms with Crippen molar-refractivity contribution in [3.63, 3.8) is 0 Å². The van der Waals surface area contributed by atoms with Crippen molar-refractivity contribution in [2.24, 2.45) is 0 Å². The van der Waals surface area contributed by atoms with Crippen LogP contribution in [-0.2, 0) is 27.5 Å². The van der Waals surface area contributed by atoms with E-state index in [9.17, 15) is 18.0 Å². The van der Waals surface area contributed by atoms with Crippen LogP contribution in [0.2, 0.25) is 0 Å². The third-order valence-corrected chi connectivity index (χ3v) is 7.86. The number of ether oxygens (including phenoxy) is 2. The van der Waals surface area contributed by atoms with E-state index < -0.39 is 27.4 Å². The first kappa shape index (κ1) is 21.7. The Balaban J connectivity index is 1.71. The average molecular weight is 450 g/mol. The molecule has 0 aliphatic carbocycles. The predicted molar refractivity (Wildman–Crippen MR) is 116 cm³/mol. The molecule has 3 heterocycles. The Labute approximate surface area is 180 Å². The maximum atomic E-state index is 12.8. The number of methoxy groups -OCH3 is 1. The second-order valence-electron chi connectivity index (χ2n) is 8.96. The molecule has 2 aliphatic heterocycles. The van der Waals surface area contributed by atoms with Crippen LogP contribution in [0, 0.1) is 6.92 Å². The van der Waals surface area contributed by atoms with E-state index >= 15 is 0 Å². The summed E-state index contributed by atoms with van der Waals surface area (Å²) in [5.41, 5.74) is 1.19. The smallest absolute Gasteiger partial charge is 0.340 e. The summed E-state index contributed by atoms with van der Waals surface area (Å²) in [6, 6.07) is 1.38. The Bertz CT molecular complexity index is 1230. The molecule has 1 saturated heterocycles. The van der Waals surface area contributed by atoms with E-state index in [1.807, 2.05) is 13.8 Å². The van der Waals surface area contributed by atoms with Crippen LogP contribution in [0.3, 0.4) is 0 Å². The lowest BCUT2D eigenvalue weighted by atomic mass is 9.91. The Kier molecular flexibility index (Phi) is 5.28. The highest BCUT2D eigenvalue weighted by atomic mass is 32.2. The number of nitrogens with one attached hydrogen (secondary N) is 1. The maximum Gasteiger partial charge on any atom is 0.340 e. The van der Waals surface area contributed by atoms with Gasteiger partial charge in [-0.3, -0.25) is 4.79 Å². The lowest BCUT2D eigenvalue weighted by molar-refractivity contribution is -0.121. The van der Waals surface area contributed by atoms with Crippen molar-refractivity contribution in [1.29, 1.82) is 0 Å². The molecule has 168 valence electrons. The number of fused-ring (bicyclic) bond motifs is 3. The lowest BCUT2D eigenvalue weighted by Crippen LogP contribution is -2.37. The minimum absolute atomic E-state index is 0.0657. The van der Waals surface area contributed by atoms with Crippen LogP contribution in [0.5, 0.6) is 11.5 Å². The summed E-state index contributed by atoms with van der Waals surface area (Å²) in [5, 5.41) is 3.37. The molecule has 0 unspecified atom stereocenters. The molecule has 0 bridgehead atoms. The molecule has 2 aromatic rings. The van der Waals surface area contributed by atoms with Gasteiger partial charge in [0.2, 0.25) is 5.91 Å². The third-order valence-electron chi connectivity index (χ3n) is 6.09. The van der Waals surface area contributed by atoms with Gasteiger partial charge in [-0.05, 0) is 45.6 Å². The molecule has 0 saturated carbocycles. The summed E-state index contributed by atoms with van der Waals surface area (Å²) >= 11 is 0. The summed E-state index contributed by atoms with van der Waals surface area (Å²) in [6.07, 6.45) is 1.67. The molecule has 1 atom stereocenters. The second-order valence-corrected chi connectivity index (χ2v) is 11.2. The summed E-state index contributed by atoms with van der Waals surface area (Å²) in [4.78, 5) is 25.4. The molecule has 2 aliphatic rings. The van der Waals surface area contributed by atoms with Crippen molar-refractivity contribution in [3.8, 4) is 11.5 Å². The molecule has 4 rings (SSSR count). The van der Waals surface area contributed by atoms with Gasteiger partial charge in [0, 0.05) is 17.7 Å².